The van der Waals surface area contributed by atoms with E-state index in [9.17, 15) is 4.79 Å². The van der Waals surface area contributed by atoms with Crippen molar-refractivity contribution in [3.05, 3.63) is 99.5 Å². The van der Waals surface area contributed by atoms with Crippen molar-refractivity contribution in [1.82, 2.24) is 5.43 Å². The van der Waals surface area contributed by atoms with Gasteiger partial charge in [0, 0.05) is 17.1 Å². The summed E-state index contributed by atoms with van der Waals surface area (Å²) in [5, 5.41) is 4.22. The number of amides is 1. The van der Waals surface area contributed by atoms with Crippen LogP contribution in [0.3, 0.4) is 0 Å². The lowest BCUT2D eigenvalue weighted by Crippen LogP contribution is -2.19. The highest BCUT2D eigenvalue weighted by atomic mass is 79.9. The normalized spacial score (nSPS) is 11.2. The van der Waals surface area contributed by atoms with Gasteiger partial charge >= 0.3 is 0 Å². The summed E-state index contributed by atoms with van der Waals surface area (Å²) in [4.78, 5) is 12.4. The van der Waals surface area contributed by atoms with Gasteiger partial charge in [-0.25, -0.2) is 5.43 Å². The summed E-state index contributed by atoms with van der Waals surface area (Å²) in [6, 6.07) is 23.7. The molecule has 30 heavy (non-hydrogen) atoms. The van der Waals surface area contributed by atoms with Gasteiger partial charge in [0.2, 0.25) is 0 Å². The third kappa shape index (κ3) is 6.21. The molecule has 0 fully saturated rings. The minimum atomic E-state index is -0.231. The van der Waals surface area contributed by atoms with E-state index in [0.717, 1.165) is 27.3 Å². The molecule has 0 aliphatic rings. The smallest absolute Gasteiger partial charge is 0.271 e. The Bertz CT molecular complexity index is 1020. The van der Waals surface area contributed by atoms with Crippen LogP contribution in [-0.4, -0.2) is 18.7 Å². The summed E-state index contributed by atoms with van der Waals surface area (Å²) in [5.74, 6) is 2.39. The number of benzene rings is 3. The summed E-state index contributed by atoms with van der Waals surface area (Å²) in [5.41, 5.74) is 7.32. The first kappa shape index (κ1) is 22.1. The molecule has 0 radical (unpaired) electrons. The number of hydrogen-bond acceptors (Lipinski definition) is 4. The quantitative estimate of drug-likeness (QED) is 0.314. The van der Waals surface area contributed by atoms with Gasteiger partial charge in [-0.2, -0.15) is 16.9 Å². The van der Waals surface area contributed by atoms with Crippen LogP contribution in [0.15, 0.2) is 82.4 Å². The van der Waals surface area contributed by atoms with Crippen molar-refractivity contribution in [3.8, 4) is 5.75 Å². The van der Waals surface area contributed by atoms with Gasteiger partial charge in [-0.05, 0) is 69.9 Å². The van der Waals surface area contributed by atoms with E-state index < -0.39 is 0 Å². The van der Waals surface area contributed by atoms with E-state index in [2.05, 4.69) is 50.7 Å². The number of nitrogens with zero attached hydrogens (tertiary/aromatic N) is 1. The summed E-state index contributed by atoms with van der Waals surface area (Å²) < 4.78 is 6.07. The van der Waals surface area contributed by atoms with E-state index in [1.54, 1.807) is 7.11 Å². The fourth-order valence-corrected chi connectivity index (χ4v) is 4.27. The van der Waals surface area contributed by atoms with Gasteiger partial charge in [0.25, 0.3) is 5.91 Å². The van der Waals surface area contributed by atoms with E-state index in [4.69, 9.17) is 4.74 Å². The van der Waals surface area contributed by atoms with Crippen LogP contribution in [0, 0.1) is 0 Å². The molecule has 3 rings (SSSR count). The fraction of sp³-hybridized carbons (Fsp3) is 0.167. The van der Waals surface area contributed by atoms with Crippen LogP contribution in [-0.2, 0) is 11.5 Å². The second-order valence-electron chi connectivity index (χ2n) is 6.66. The molecule has 0 saturated heterocycles. The van der Waals surface area contributed by atoms with Gasteiger partial charge in [0.15, 0.2) is 0 Å². The molecule has 0 spiro atoms. The Morgan fingerprint density at radius 1 is 0.967 bits per heavy atom. The number of carbonyl (C=O) groups is 1. The SMILES string of the molecule is COc1ccc(/C(C)=N\NC(=O)c2ccc(CSCc3ccccc3)cc2)cc1Br. The third-order valence-corrected chi connectivity index (χ3v) is 6.19. The van der Waals surface area contributed by atoms with Gasteiger partial charge < -0.3 is 4.74 Å². The molecule has 0 heterocycles. The molecule has 3 aromatic rings. The molecule has 0 unspecified atom stereocenters. The molecule has 1 amide bonds. The zero-order chi connectivity index (χ0) is 21.3. The number of thioether (sulfide) groups is 1. The van der Waals surface area contributed by atoms with Crippen LogP contribution < -0.4 is 10.2 Å². The third-order valence-electron chi connectivity index (χ3n) is 4.49. The van der Waals surface area contributed by atoms with Gasteiger partial charge in [0.1, 0.15) is 5.75 Å². The van der Waals surface area contributed by atoms with Crippen LogP contribution in [0.25, 0.3) is 0 Å². The standard InChI is InChI=1S/C24H23BrN2O2S/c1-17(21-12-13-23(29-2)22(25)14-21)26-27-24(28)20-10-8-19(9-11-20)16-30-15-18-6-4-3-5-7-18/h3-14H,15-16H2,1-2H3,(H,27,28)/b26-17-. The first-order valence-corrected chi connectivity index (χ1v) is 11.4. The molecule has 0 aliphatic heterocycles. The number of carbonyl (C=O) groups excluding carboxylic acids is 1. The molecule has 154 valence electrons. The summed E-state index contributed by atoms with van der Waals surface area (Å²) in [6.07, 6.45) is 0. The van der Waals surface area contributed by atoms with Gasteiger partial charge in [-0.15, -0.1) is 0 Å². The van der Waals surface area contributed by atoms with Crippen molar-refractivity contribution in [1.29, 1.82) is 0 Å². The van der Waals surface area contributed by atoms with Gasteiger partial charge in [0.05, 0.1) is 17.3 Å². The lowest BCUT2D eigenvalue weighted by molar-refractivity contribution is 0.0955. The molecular weight excluding hydrogens is 460 g/mol. The predicted octanol–water partition coefficient (Wildman–Crippen LogP) is 6.05. The predicted molar refractivity (Wildman–Crippen MR) is 128 cm³/mol. The fourth-order valence-electron chi connectivity index (χ4n) is 2.77. The van der Waals surface area contributed by atoms with Crippen LogP contribution in [0.1, 0.15) is 34.0 Å². The first-order valence-electron chi connectivity index (χ1n) is 9.46. The second kappa shape index (κ2) is 11.0. The first-order chi connectivity index (χ1) is 14.6. The molecule has 4 nitrogen and oxygen atoms in total. The lowest BCUT2D eigenvalue weighted by Gasteiger charge is -2.07. The van der Waals surface area contributed by atoms with E-state index in [1.807, 2.05) is 67.2 Å². The zero-order valence-corrected chi connectivity index (χ0v) is 19.3. The highest BCUT2D eigenvalue weighted by Crippen LogP contribution is 2.25. The Labute approximate surface area is 189 Å². The molecule has 6 heteroatoms. The molecule has 1 N–H and O–H groups in total. The van der Waals surface area contributed by atoms with Crippen LogP contribution in [0.4, 0.5) is 0 Å². The van der Waals surface area contributed by atoms with Crippen LogP contribution >= 0.6 is 27.7 Å². The van der Waals surface area contributed by atoms with Crippen LogP contribution in [0.5, 0.6) is 5.75 Å². The van der Waals surface area contributed by atoms with E-state index >= 15 is 0 Å². The summed E-state index contributed by atoms with van der Waals surface area (Å²) in [7, 11) is 1.62. The van der Waals surface area contributed by atoms with Crippen molar-refractivity contribution in [2.24, 2.45) is 5.10 Å². The van der Waals surface area contributed by atoms with E-state index in [0.29, 0.717) is 11.3 Å². The monoisotopic (exact) mass is 482 g/mol. The Hall–Kier alpha value is -2.57. The number of hydrazone groups is 1. The Morgan fingerprint density at radius 2 is 1.60 bits per heavy atom. The molecular formula is C24H23BrN2O2S. The minimum Gasteiger partial charge on any atom is -0.496 e. The number of halogens is 1. The maximum atomic E-state index is 12.4. The minimum absolute atomic E-state index is 0.231. The van der Waals surface area contributed by atoms with Crippen LogP contribution in [0.2, 0.25) is 0 Å². The highest BCUT2D eigenvalue weighted by molar-refractivity contribution is 9.10. The largest absolute Gasteiger partial charge is 0.496 e. The molecule has 0 bridgehead atoms. The number of methoxy groups -OCH3 is 1. The topological polar surface area (TPSA) is 50.7 Å². The van der Waals surface area contributed by atoms with Crippen molar-refractivity contribution < 1.29 is 9.53 Å². The number of rotatable bonds is 8. The maximum absolute atomic E-state index is 12.4. The summed E-state index contributed by atoms with van der Waals surface area (Å²) in [6.45, 7) is 1.85. The van der Waals surface area contributed by atoms with E-state index in [1.165, 1.54) is 11.1 Å². The molecule has 0 atom stereocenters. The molecule has 3 aromatic carbocycles. The van der Waals surface area contributed by atoms with Crippen molar-refractivity contribution >= 4 is 39.3 Å². The van der Waals surface area contributed by atoms with Crippen molar-refractivity contribution in [2.45, 2.75) is 18.4 Å². The van der Waals surface area contributed by atoms with Gasteiger partial charge in [-0.1, -0.05) is 42.5 Å². The Balaban J connectivity index is 1.53. The summed E-state index contributed by atoms with van der Waals surface area (Å²) >= 11 is 5.32. The number of ether oxygens (including phenoxy) is 1. The Morgan fingerprint density at radius 3 is 2.23 bits per heavy atom. The highest BCUT2D eigenvalue weighted by Gasteiger charge is 2.07. The number of hydrogen-bond donors (Lipinski definition) is 1. The number of nitrogens with one attached hydrogen (secondary N) is 1. The van der Waals surface area contributed by atoms with Gasteiger partial charge in [-0.3, -0.25) is 4.79 Å². The van der Waals surface area contributed by atoms with Crippen molar-refractivity contribution in [2.75, 3.05) is 7.11 Å². The van der Waals surface area contributed by atoms with Crippen molar-refractivity contribution in [3.63, 3.8) is 0 Å². The van der Waals surface area contributed by atoms with E-state index in [-0.39, 0.29) is 5.91 Å². The second-order valence-corrected chi connectivity index (χ2v) is 8.50. The molecule has 0 saturated carbocycles. The maximum Gasteiger partial charge on any atom is 0.271 e. The zero-order valence-electron chi connectivity index (χ0n) is 16.9. The lowest BCUT2D eigenvalue weighted by atomic mass is 10.1. The average Bonchev–Trinajstić information content (AvgIpc) is 2.78. The Kier molecular flexibility index (Phi) is 8.11. The molecule has 0 aliphatic carbocycles. The molecule has 0 aromatic heterocycles. The average molecular weight is 483 g/mol.